The van der Waals surface area contributed by atoms with Crippen LogP contribution in [0.1, 0.15) is 18.5 Å². The van der Waals surface area contributed by atoms with Crippen molar-refractivity contribution in [2.75, 3.05) is 25.1 Å². The lowest BCUT2D eigenvalue weighted by molar-refractivity contribution is -0.146. The molecule has 1 aliphatic heterocycles. The largest absolute Gasteiger partial charge is 0.469 e. The quantitative estimate of drug-likeness (QED) is 0.791. The van der Waals surface area contributed by atoms with Crippen LogP contribution in [0.25, 0.3) is 10.8 Å². The molecule has 0 aromatic carbocycles. The third-order valence-corrected chi connectivity index (χ3v) is 4.42. The Bertz CT molecular complexity index is 714. The van der Waals surface area contributed by atoms with Gasteiger partial charge in [0.25, 0.3) is 0 Å². The van der Waals surface area contributed by atoms with E-state index in [-0.39, 0.29) is 11.9 Å². The standard InChI is InChI=1S/C15H17ClN4O2/c1-9-12-8-17-13(7-11(12)14(16)19-18-9)20-5-3-10(4-6-20)15(21)22-2/h7-8,10H,3-6H2,1-2H3. The van der Waals surface area contributed by atoms with Crippen LogP contribution in [-0.2, 0) is 9.53 Å². The van der Waals surface area contributed by atoms with Gasteiger partial charge in [-0.3, -0.25) is 4.79 Å². The van der Waals surface area contributed by atoms with Crippen LogP contribution in [0.5, 0.6) is 0 Å². The average Bonchev–Trinajstić information content (AvgIpc) is 2.57. The summed E-state index contributed by atoms with van der Waals surface area (Å²) in [6, 6.07) is 1.94. The summed E-state index contributed by atoms with van der Waals surface area (Å²) < 4.78 is 4.81. The van der Waals surface area contributed by atoms with Crippen LogP contribution in [0, 0.1) is 12.8 Å². The van der Waals surface area contributed by atoms with E-state index in [1.54, 1.807) is 6.20 Å². The molecule has 7 heteroatoms. The normalized spacial score (nSPS) is 16.0. The third kappa shape index (κ3) is 2.70. The number of hydrogen-bond donors (Lipinski definition) is 0. The van der Waals surface area contributed by atoms with E-state index >= 15 is 0 Å². The number of halogens is 1. The van der Waals surface area contributed by atoms with E-state index < -0.39 is 0 Å². The zero-order valence-corrected chi connectivity index (χ0v) is 13.3. The summed E-state index contributed by atoms with van der Waals surface area (Å²) in [5.74, 6) is 0.712. The molecule has 3 rings (SSSR count). The maximum absolute atomic E-state index is 11.6. The first-order chi connectivity index (χ1) is 10.6. The minimum Gasteiger partial charge on any atom is -0.469 e. The third-order valence-electron chi connectivity index (χ3n) is 4.14. The maximum Gasteiger partial charge on any atom is 0.308 e. The Labute approximate surface area is 133 Å². The first kappa shape index (κ1) is 15.0. The van der Waals surface area contributed by atoms with Crippen molar-refractivity contribution in [2.24, 2.45) is 5.92 Å². The summed E-state index contributed by atoms with van der Waals surface area (Å²) in [6.45, 7) is 3.43. The Hall–Kier alpha value is -1.95. The fourth-order valence-corrected chi connectivity index (χ4v) is 3.01. The fraction of sp³-hybridized carbons (Fsp3) is 0.467. The Kier molecular flexibility index (Phi) is 4.11. The molecule has 0 N–H and O–H groups in total. The zero-order valence-electron chi connectivity index (χ0n) is 12.5. The van der Waals surface area contributed by atoms with Crippen LogP contribution < -0.4 is 4.90 Å². The van der Waals surface area contributed by atoms with Crippen molar-refractivity contribution < 1.29 is 9.53 Å². The molecule has 1 aliphatic rings. The van der Waals surface area contributed by atoms with E-state index in [1.807, 2.05) is 13.0 Å². The van der Waals surface area contributed by atoms with Crippen molar-refractivity contribution >= 4 is 34.2 Å². The minimum absolute atomic E-state index is 0.0154. The van der Waals surface area contributed by atoms with Crippen molar-refractivity contribution in [1.82, 2.24) is 15.2 Å². The molecular formula is C15H17ClN4O2. The topological polar surface area (TPSA) is 68.2 Å². The van der Waals surface area contributed by atoms with Gasteiger partial charge in [0.1, 0.15) is 5.82 Å². The van der Waals surface area contributed by atoms with Gasteiger partial charge in [0, 0.05) is 30.1 Å². The molecule has 6 nitrogen and oxygen atoms in total. The van der Waals surface area contributed by atoms with Gasteiger partial charge in [0.15, 0.2) is 5.15 Å². The second kappa shape index (κ2) is 6.04. The van der Waals surface area contributed by atoms with Gasteiger partial charge < -0.3 is 9.64 Å². The number of anilines is 1. The highest BCUT2D eigenvalue weighted by Crippen LogP contribution is 2.28. The first-order valence-corrected chi connectivity index (χ1v) is 7.59. The summed E-state index contributed by atoms with van der Waals surface area (Å²) in [7, 11) is 1.44. The van der Waals surface area contributed by atoms with E-state index in [1.165, 1.54) is 7.11 Å². The molecular weight excluding hydrogens is 304 g/mol. The average molecular weight is 321 g/mol. The number of aromatic nitrogens is 3. The molecule has 0 amide bonds. The van der Waals surface area contributed by atoms with Crippen molar-refractivity contribution in [3.8, 4) is 0 Å². The molecule has 2 aromatic rings. The SMILES string of the molecule is COC(=O)C1CCN(c2cc3c(Cl)nnc(C)c3cn2)CC1. The van der Waals surface area contributed by atoms with Crippen molar-refractivity contribution in [3.05, 3.63) is 23.1 Å². The molecule has 0 radical (unpaired) electrons. The smallest absolute Gasteiger partial charge is 0.308 e. The number of carbonyl (C=O) groups excluding carboxylic acids is 1. The number of carbonyl (C=O) groups is 1. The number of pyridine rings is 1. The molecule has 3 heterocycles. The molecule has 0 saturated carbocycles. The Morgan fingerprint density at radius 3 is 2.73 bits per heavy atom. The summed E-state index contributed by atoms with van der Waals surface area (Å²) in [5.41, 5.74) is 0.808. The van der Waals surface area contributed by atoms with Gasteiger partial charge in [-0.2, -0.15) is 5.10 Å². The Morgan fingerprint density at radius 1 is 1.32 bits per heavy atom. The van der Waals surface area contributed by atoms with E-state index in [4.69, 9.17) is 16.3 Å². The highest BCUT2D eigenvalue weighted by Gasteiger charge is 2.26. The van der Waals surface area contributed by atoms with Gasteiger partial charge in [-0.15, -0.1) is 5.10 Å². The number of ether oxygens (including phenoxy) is 1. The predicted octanol–water partition coefficient (Wildman–Crippen LogP) is 2.38. The number of hydrogen-bond acceptors (Lipinski definition) is 6. The monoisotopic (exact) mass is 320 g/mol. The van der Waals surface area contributed by atoms with Gasteiger partial charge in [-0.25, -0.2) is 4.98 Å². The van der Waals surface area contributed by atoms with E-state index in [2.05, 4.69) is 20.1 Å². The lowest BCUT2D eigenvalue weighted by atomic mass is 9.97. The maximum atomic E-state index is 11.6. The number of methoxy groups -OCH3 is 1. The predicted molar refractivity (Wildman–Crippen MR) is 84.0 cm³/mol. The summed E-state index contributed by atoms with van der Waals surface area (Å²) >= 11 is 6.14. The molecule has 0 bridgehead atoms. The number of piperidine rings is 1. The van der Waals surface area contributed by atoms with E-state index in [0.29, 0.717) is 5.15 Å². The summed E-state index contributed by atoms with van der Waals surface area (Å²) in [5, 5.41) is 10.1. The van der Waals surface area contributed by atoms with Crippen LogP contribution >= 0.6 is 11.6 Å². The van der Waals surface area contributed by atoms with E-state index in [9.17, 15) is 4.79 Å². The van der Waals surface area contributed by atoms with Crippen molar-refractivity contribution in [2.45, 2.75) is 19.8 Å². The number of esters is 1. The Balaban J connectivity index is 1.83. The lowest BCUT2D eigenvalue weighted by Crippen LogP contribution is -2.37. The number of nitrogens with zero attached hydrogens (tertiary/aromatic N) is 4. The van der Waals surface area contributed by atoms with Crippen LogP contribution in [0.4, 0.5) is 5.82 Å². The molecule has 116 valence electrons. The van der Waals surface area contributed by atoms with Crippen LogP contribution in [0.15, 0.2) is 12.3 Å². The summed E-state index contributed by atoms with van der Waals surface area (Å²) in [6.07, 6.45) is 3.33. The lowest BCUT2D eigenvalue weighted by Gasteiger charge is -2.31. The second-order valence-corrected chi connectivity index (χ2v) is 5.81. The molecule has 0 spiro atoms. The number of fused-ring (bicyclic) bond motifs is 1. The minimum atomic E-state index is -0.125. The number of rotatable bonds is 2. The first-order valence-electron chi connectivity index (χ1n) is 7.21. The van der Waals surface area contributed by atoms with E-state index in [0.717, 1.165) is 48.2 Å². The fourth-order valence-electron chi connectivity index (χ4n) is 2.81. The van der Waals surface area contributed by atoms with Gasteiger partial charge in [0.05, 0.1) is 18.7 Å². The molecule has 1 saturated heterocycles. The van der Waals surface area contributed by atoms with Crippen LogP contribution in [0.2, 0.25) is 5.15 Å². The molecule has 2 aromatic heterocycles. The molecule has 0 aliphatic carbocycles. The van der Waals surface area contributed by atoms with Crippen molar-refractivity contribution in [1.29, 1.82) is 0 Å². The second-order valence-electron chi connectivity index (χ2n) is 5.45. The zero-order chi connectivity index (χ0) is 15.7. The number of aryl methyl sites for hydroxylation is 1. The van der Waals surface area contributed by atoms with Gasteiger partial charge in [0.2, 0.25) is 0 Å². The van der Waals surface area contributed by atoms with Gasteiger partial charge >= 0.3 is 5.97 Å². The Morgan fingerprint density at radius 2 is 2.05 bits per heavy atom. The molecule has 1 fully saturated rings. The molecule has 22 heavy (non-hydrogen) atoms. The summed E-state index contributed by atoms with van der Waals surface area (Å²) in [4.78, 5) is 18.2. The highest BCUT2D eigenvalue weighted by molar-refractivity contribution is 6.34. The van der Waals surface area contributed by atoms with Crippen molar-refractivity contribution in [3.63, 3.8) is 0 Å². The molecule has 0 unspecified atom stereocenters. The van der Waals surface area contributed by atoms with Crippen LogP contribution in [-0.4, -0.2) is 41.3 Å². The van der Waals surface area contributed by atoms with Crippen LogP contribution in [0.3, 0.4) is 0 Å². The molecule has 0 atom stereocenters. The van der Waals surface area contributed by atoms with Gasteiger partial charge in [-0.1, -0.05) is 11.6 Å². The highest BCUT2D eigenvalue weighted by atomic mass is 35.5. The van der Waals surface area contributed by atoms with Gasteiger partial charge in [-0.05, 0) is 25.8 Å².